The molecular formula is C16H18N6O2S. The van der Waals surface area contributed by atoms with Gasteiger partial charge in [0.15, 0.2) is 11.0 Å². The van der Waals surface area contributed by atoms with E-state index in [2.05, 4.69) is 25.7 Å². The van der Waals surface area contributed by atoms with Crippen molar-refractivity contribution in [1.82, 2.24) is 24.9 Å². The van der Waals surface area contributed by atoms with E-state index >= 15 is 0 Å². The molecule has 1 aromatic carbocycles. The Morgan fingerprint density at radius 3 is 3.00 bits per heavy atom. The second-order valence-corrected chi connectivity index (χ2v) is 6.69. The van der Waals surface area contributed by atoms with Crippen LogP contribution in [0.15, 0.2) is 40.3 Å². The number of benzene rings is 1. The number of aryl methyl sites for hydroxylation is 1. The van der Waals surface area contributed by atoms with Crippen LogP contribution in [0.1, 0.15) is 37.7 Å². The molecule has 2 heterocycles. The van der Waals surface area contributed by atoms with Crippen LogP contribution in [-0.4, -0.2) is 30.8 Å². The molecule has 0 bridgehead atoms. The van der Waals surface area contributed by atoms with Crippen LogP contribution in [-0.2, 0) is 11.2 Å². The fraction of sp³-hybridized carbons (Fsp3) is 0.312. The van der Waals surface area contributed by atoms with Crippen LogP contribution in [0.5, 0.6) is 0 Å². The number of hydrogen-bond acceptors (Lipinski definition) is 7. The third-order valence-corrected chi connectivity index (χ3v) is 4.44. The molecule has 0 saturated heterocycles. The van der Waals surface area contributed by atoms with Crippen LogP contribution in [0.3, 0.4) is 0 Å². The molecule has 25 heavy (non-hydrogen) atoms. The highest BCUT2D eigenvalue weighted by molar-refractivity contribution is 7.99. The lowest BCUT2D eigenvalue weighted by atomic mass is 10.2. The van der Waals surface area contributed by atoms with E-state index in [1.54, 1.807) is 6.33 Å². The molecule has 0 aliphatic rings. The van der Waals surface area contributed by atoms with Crippen LogP contribution < -0.4 is 5.32 Å². The minimum Gasteiger partial charge on any atom is -0.338 e. The molecule has 3 rings (SSSR count). The lowest BCUT2D eigenvalue weighted by Gasteiger charge is -2.10. The summed E-state index contributed by atoms with van der Waals surface area (Å²) >= 11 is 1.47. The standard InChI is InChI=1S/C16H18N6O2S/c1-4-14-19-15(24-21-14)10(2)25-16-20-17-9-22(16)13-7-5-6-12(8-13)18-11(3)23/h5-10H,4H2,1-3H3,(H,18,23). The van der Waals surface area contributed by atoms with Crippen molar-refractivity contribution in [2.75, 3.05) is 5.32 Å². The lowest BCUT2D eigenvalue weighted by Crippen LogP contribution is -2.06. The predicted molar refractivity (Wildman–Crippen MR) is 93.6 cm³/mol. The fourth-order valence-electron chi connectivity index (χ4n) is 2.20. The van der Waals surface area contributed by atoms with Gasteiger partial charge in [-0.25, -0.2) is 0 Å². The monoisotopic (exact) mass is 358 g/mol. The molecule has 0 saturated carbocycles. The maximum Gasteiger partial charge on any atom is 0.239 e. The molecular weight excluding hydrogens is 340 g/mol. The van der Waals surface area contributed by atoms with Gasteiger partial charge in [0, 0.05) is 19.0 Å². The van der Waals surface area contributed by atoms with Gasteiger partial charge in [-0.1, -0.05) is 29.9 Å². The van der Waals surface area contributed by atoms with Crippen molar-refractivity contribution in [1.29, 1.82) is 0 Å². The van der Waals surface area contributed by atoms with Crippen LogP contribution in [0.25, 0.3) is 5.69 Å². The topological polar surface area (TPSA) is 98.7 Å². The van der Waals surface area contributed by atoms with Crippen LogP contribution in [0.2, 0.25) is 0 Å². The largest absolute Gasteiger partial charge is 0.338 e. The molecule has 1 N–H and O–H groups in total. The average Bonchev–Trinajstić information content (AvgIpc) is 3.23. The second kappa shape index (κ2) is 7.47. The average molecular weight is 358 g/mol. The van der Waals surface area contributed by atoms with Crippen molar-refractivity contribution in [3.63, 3.8) is 0 Å². The number of thioether (sulfide) groups is 1. The number of hydrogen-bond donors (Lipinski definition) is 1. The molecule has 9 heteroatoms. The van der Waals surface area contributed by atoms with Crippen LogP contribution >= 0.6 is 11.8 Å². The van der Waals surface area contributed by atoms with E-state index in [1.807, 2.05) is 42.7 Å². The first-order valence-corrected chi connectivity index (χ1v) is 8.72. The van der Waals surface area contributed by atoms with E-state index in [4.69, 9.17) is 4.52 Å². The summed E-state index contributed by atoms with van der Waals surface area (Å²) in [6, 6.07) is 7.48. The zero-order valence-electron chi connectivity index (χ0n) is 14.1. The molecule has 8 nitrogen and oxygen atoms in total. The number of nitrogens with zero attached hydrogens (tertiary/aromatic N) is 5. The Balaban J connectivity index is 1.81. The molecule has 1 atom stereocenters. The summed E-state index contributed by atoms with van der Waals surface area (Å²) in [5.41, 5.74) is 1.57. The molecule has 0 aliphatic heterocycles. The molecule has 0 radical (unpaired) electrons. The van der Waals surface area contributed by atoms with Gasteiger partial charge in [0.05, 0.1) is 10.9 Å². The summed E-state index contributed by atoms with van der Waals surface area (Å²) in [7, 11) is 0. The number of aromatic nitrogens is 5. The van der Waals surface area contributed by atoms with Gasteiger partial charge in [-0.3, -0.25) is 9.36 Å². The maximum atomic E-state index is 11.2. The Hall–Kier alpha value is -2.68. The molecule has 2 aromatic heterocycles. The third-order valence-electron chi connectivity index (χ3n) is 3.39. The van der Waals surface area contributed by atoms with Gasteiger partial charge < -0.3 is 9.84 Å². The summed E-state index contributed by atoms with van der Waals surface area (Å²) in [6.07, 6.45) is 2.36. The van der Waals surface area contributed by atoms with Gasteiger partial charge in [0.1, 0.15) is 6.33 Å². The van der Waals surface area contributed by atoms with Gasteiger partial charge in [-0.05, 0) is 25.1 Å². The molecule has 1 amide bonds. The predicted octanol–water partition coefficient (Wildman–Crippen LogP) is 3.02. The first-order valence-electron chi connectivity index (χ1n) is 7.84. The van der Waals surface area contributed by atoms with Crippen molar-refractivity contribution < 1.29 is 9.32 Å². The smallest absolute Gasteiger partial charge is 0.239 e. The highest BCUT2D eigenvalue weighted by atomic mass is 32.2. The SMILES string of the molecule is CCc1noc(C(C)Sc2nncn2-c2cccc(NC(C)=O)c2)n1. The van der Waals surface area contributed by atoms with E-state index < -0.39 is 0 Å². The van der Waals surface area contributed by atoms with Crippen molar-refractivity contribution >= 4 is 23.4 Å². The highest BCUT2D eigenvalue weighted by Crippen LogP contribution is 2.33. The Morgan fingerprint density at radius 2 is 2.28 bits per heavy atom. The van der Waals surface area contributed by atoms with Gasteiger partial charge in [-0.2, -0.15) is 4.98 Å². The summed E-state index contributed by atoms with van der Waals surface area (Å²) in [6.45, 7) is 5.43. The van der Waals surface area contributed by atoms with E-state index in [0.29, 0.717) is 22.6 Å². The maximum absolute atomic E-state index is 11.2. The highest BCUT2D eigenvalue weighted by Gasteiger charge is 2.19. The second-order valence-electron chi connectivity index (χ2n) is 5.38. The number of amides is 1. The quantitative estimate of drug-likeness (QED) is 0.676. The molecule has 130 valence electrons. The number of anilines is 1. The Morgan fingerprint density at radius 1 is 1.44 bits per heavy atom. The lowest BCUT2D eigenvalue weighted by molar-refractivity contribution is -0.114. The van der Waals surface area contributed by atoms with Crippen LogP contribution in [0, 0.1) is 0 Å². The van der Waals surface area contributed by atoms with Crippen molar-refractivity contribution in [3.05, 3.63) is 42.3 Å². The van der Waals surface area contributed by atoms with Crippen molar-refractivity contribution in [2.24, 2.45) is 0 Å². The van der Waals surface area contributed by atoms with Gasteiger partial charge in [0.2, 0.25) is 11.8 Å². The molecule has 0 fully saturated rings. The zero-order chi connectivity index (χ0) is 17.8. The Labute approximate surface area is 149 Å². The number of carbonyl (C=O) groups excluding carboxylic acids is 1. The van der Waals surface area contributed by atoms with Gasteiger partial charge >= 0.3 is 0 Å². The minimum absolute atomic E-state index is 0.0609. The van der Waals surface area contributed by atoms with Crippen LogP contribution in [0.4, 0.5) is 5.69 Å². The van der Waals surface area contributed by atoms with Gasteiger partial charge in [0.25, 0.3) is 0 Å². The minimum atomic E-state index is -0.118. The molecule has 0 aliphatic carbocycles. The zero-order valence-corrected chi connectivity index (χ0v) is 14.9. The third kappa shape index (κ3) is 4.05. The Bertz CT molecular complexity index is 875. The van der Waals surface area contributed by atoms with E-state index in [1.165, 1.54) is 18.7 Å². The first-order chi connectivity index (χ1) is 12.1. The van der Waals surface area contributed by atoms with E-state index in [-0.39, 0.29) is 11.2 Å². The summed E-state index contributed by atoms with van der Waals surface area (Å²) < 4.78 is 7.14. The molecule has 1 unspecified atom stereocenters. The number of rotatable bonds is 6. The number of carbonyl (C=O) groups is 1. The molecule has 3 aromatic rings. The normalized spacial score (nSPS) is 12.1. The fourth-order valence-corrected chi connectivity index (χ4v) is 3.08. The van der Waals surface area contributed by atoms with Gasteiger partial charge in [-0.15, -0.1) is 10.2 Å². The summed E-state index contributed by atoms with van der Waals surface area (Å²) in [5.74, 6) is 1.13. The molecule has 0 spiro atoms. The summed E-state index contributed by atoms with van der Waals surface area (Å²) in [5, 5.41) is 15.5. The Kier molecular flexibility index (Phi) is 5.13. The van der Waals surface area contributed by atoms with E-state index in [9.17, 15) is 4.79 Å². The summed E-state index contributed by atoms with van der Waals surface area (Å²) in [4.78, 5) is 15.6. The van der Waals surface area contributed by atoms with Crippen molar-refractivity contribution in [2.45, 2.75) is 37.6 Å². The van der Waals surface area contributed by atoms with Crippen molar-refractivity contribution in [3.8, 4) is 5.69 Å². The first kappa shape index (κ1) is 17.2. The number of nitrogens with one attached hydrogen (secondary N) is 1. The van der Waals surface area contributed by atoms with E-state index in [0.717, 1.165) is 12.1 Å².